The number of aromatic carboxylic acids is 1. The Balaban J connectivity index is 2.43. The highest BCUT2D eigenvalue weighted by Crippen LogP contribution is 2.35. The third-order valence-corrected chi connectivity index (χ3v) is 5.24. The Morgan fingerprint density at radius 2 is 2.04 bits per heavy atom. The molecular weight excluding hydrogens is 330 g/mol. The zero-order chi connectivity index (χ0) is 18.4. The fraction of sp³-hybridized carbons (Fsp3) is 0.571. The van der Waals surface area contributed by atoms with Crippen molar-refractivity contribution in [2.24, 2.45) is 5.41 Å². The molecule has 0 spiro atoms. The van der Waals surface area contributed by atoms with Crippen molar-refractivity contribution in [3.8, 4) is 11.8 Å². The summed E-state index contributed by atoms with van der Waals surface area (Å²) in [4.78, 5) is 15.2. The van der Waals surface area contributed by atoms with E-state index >= 15 is 0 Å². The van der Waals surface area contributed by atoms with Crippen LogP contribution in [0.25, 0.3) is 0 Å². The highest BCUT2D eigenvalue weighted by atomic mass is 32.1. The molecule has 1 fully saturated rings. The van der Waals surface area contributed by atoms with Crippen molar-refractivity contribution in [2.45, 2.75) is 72.3 Å². The van der Waals surface area contributed by atoms with Crippen molar-refractivity contribution in [1.82, 2.24) is 0 Å². The molecule has 1 aliphatic rings. The molecule has 0 saturated heterocycles. The number of thiophene rings is 1. The van der Waals surface area contributed by atoms with E-state index in [4.69, 9.17) is 0 Å². The van der Waals surface area contributed by atoms with Gasteiger partial charge in [-0.3, -0.25) is 0 Å². The van der Waals surface area contributed by atoms with Gasteiger partial charge in [0, 0.05) is 17.7 Å². The normalized spacial score (nSPS) is 15.8. The van der Waals surface area contributed by atoms with Gasteiger partial charge in [0.05, 0.1) is 10.6 Å². The second kappa shape index (κ2) is 8.58. The molecule has 2 rings (SSSR count). The number of allylic oxidation sites excluding steroid dienone is 1. The molecule has 1 saturated carbocycles. The molecule has 0 unspecified atom stereocenters. The molecule has 0 aromatic carbocycles. The van der Waals surface area contributed by atoms with E-state index in [-0.39, 0.29) is 5.41 Å². The van der Waals surface area contributed by atoms with E-state index in [1.807, 2.05) is 6.07 Å². The smallest absolute Gasteiger partial charge is 0.348 e. The highest BCUT2D eigenvalue weighted by Gasteiger charge is 2.25. The molecule has 0 radical (unpaired) electrons. The van der Waals surface area contributed by atoms with Crippen LogP contribution in [-0.2, 0) is 0 Å². The van der Waals surface area contributed by atoms with Crippen LogP contribution in [0.5, 0.6) is 0 Å². The average Bonchev–Trinajstić information content (AvgIpc) is 2.98. The summed E-state index contributed by atoms with van der Waals surface area (Å²) in [5.74, 6) is 5.51. The Kier molecular flexibility index (Phi) is 6.72. The number of anilines is 1. The predicted molar refractivity (Wildman–Crippen MR) is 106 cm³/mol. The van der Waals surface area contributed by atoms with E-state index in [1.54, 1.807) is 0 Å². The summed E-state index contributed by atoms with van der Waals surface area (Å²) >= 11 is 1.29. The van der Waals surface area contributed by atoms with Gasteiger partial charge in [-0.15, -0.1) is 11.3 Å². The summed E-state index contributed by atoms with van der Waals surface area (Å²) in [5.41, 5.74) is 0.700. The van der Waals surface area contributed by atoms with Gasteiger partial charge in [-0.25, -0.2) is 4.79 Å². The number of rotatable bonds is 5. The molecule has 0 atom stereocenters. The summed E-state index contributed by atoms with van der Waals surface area (Å²) in [6.45, 7) is 8.28. The second-order valence-corrected chi connectivity index (χ2v) is 8.67. The minimum absolute atomic E-state index is 0.0985. The number of carboxylic acid groups (broad SMARTS) is 1. The molecule has 1 N–H and O–H groups in total. The lowest BCUT2D eigenvalue weighted by atomic mass is 9.94. The quantitative estimate of drug-likeness (QED) is 0.665. The van der Waals surface area contributed by atoms with Crippen LogP contribution in [0, 0.1) is 17.3 Å². The van der Waals surface area contributed by atoms with Crippen molar-refractivity contribution in [2.75, 3.05) is 4.90 Å². The first-order valence-electron chi connectivity index (χ1n) is 9.17. The molecule has 25 heavy (non-hydrogen) atoms. The van der Waals surface area contributed by atoms with E-state index < -0.39 is 5.97 Å². The van der Waals surface area contributed by atoms with Gasteiger partial charge in [-0.1, -0.05) is 44.1 Å². The number of carbonyl (C=O) groups is 1. The van der Waals surface area contributed by atoms with Crippen molar-refractivity contribution in [3.05, 3.63) is 28.1 Å². The van der Waals surface area contributed by atoms with Crippen molar-refractivity contribution in [1.29, 1.82) is 0 Å². The lowest BCUT2D eigenvalue weighted by Crippen LogP contribution is -2.33. The van der Waals surface area contributed by atoms with Crippen LogP contribution in [0.3, 0.4) is 0 Å². The summed E-state index contributed by atoms with van der Waals surface area (Å²) in [5, 5.41) is 9.69. The minimum atomic E-state index is -0.866. The number of hydrogen-bond donors (Lipinski definition) is 1. The molecule has 136 valence electrons. The Morgan fingerprint density at radius 1 is 1.36 bits per heavy atom. The summed E-state index contributed by atoms with van der Waals surface area (Å²) < 4.78 is 0. The van der Waals surface area contributed by atoms with Crippen LogP contribution in [-0.4, -0.2) is 17.1 Å². The second-order valence-electron chi connectivity index (χ2n) is 7.62. The highest BCUT2D eigenvalue weighted by molar-refractivity contribution is 7.15. The van der Waals surface area contributed by atoms with E-state index in [9.17, 15) is 9.90 Å². The minimum Gasteiger partial charge on any atom is -0.477 e. The number of hydrogen-bond acceptors (Lipinski definition) is 3. The molecular formula is C21H29NO2S. The molecule has 1 aromatic rings. The summed E-state index contributed by atoms with van der Waals surface area (Å²) in [6, 6.07) is 2.34. The fourth-order valence-corrected chi connectivity index (χ4v) is 3.86. The van der Waals surface area contributed by atoms with E-state index in [0.29, 0.717) is 10.9 Å². The molecule has 1 aromatic heterocycles. The first-order chi connectivity index (χ1) is 11.8. The van der Waals surface area contributed by atoms with E-state index in [1.165, 1.54) is 30.6 Å². The van der Waals surface area contributed by atoms with Crippen LogP contribution in [0.4, 0.5) is 5.69 Å². The lowest BCUT2D eigenvalue weighted by Gasteiger charge is -2.33. The molecule has 4 heteroatoms. The Labute approximate surface area is 155 Å². The van der Waals surface area contributed by atoms with Crippen molar-refractivity contribution in [3.63, 3.8) is 0 Å². The molecule has 3 nitrogen and oxygen atoms in total. The van der Waals surface area contributed by atoms with Gasteiger partial charge >= 0.3 is 5.97 Å². The van der Waals surface area contributed by atoms with Crippen LogP contribution in [0.2, 0.25) is 0 Å². The molecule has 1 heterocycles. The van der Waals surface area contributed by atoms with Crippen LogP contribution >= 0.6 is 11.3 Å². The number of nitrogens with zero attached hydrogens (tertiary/aromatic N) is 1. The third-order valence-electron chi connectivity index (χ3n) is 4.22. The maximum absolute atomic E-state index is 11.8. The van der Waals surface area contributed by atoms with Crippen molar-refractivity contribution >= 4 is 23.0 Å². The van der Waals surface area contributed by atoms with Crippen LogP contribution in [0.15, 0.2) is 18.3 Å². The Bertz CT molecular complexity index is 679. The number of carboxylic acids is 1. The largest absolute Gasteiger partial charge is 0.477 e. The molecule has 0 bridgehead atoms. The fourth-order valence-electron chi connectivity index (χ4n) is 3.01. The Hall–Kier alpha value is -1.73. The third kappa shape index (κ3) is 5.64. The summed E-state index contributed by atoms with van der Waals surface area (Å²) in [6.07, 6.45) is 11.1. The molecule has 0 amide bonds. The maximum atomic E-state index is 11.8. The lowest BCUT2D eigenvalue weighted by molar-refractivity contribution is 0.0702. The average molecular weight is 360 g/mol. The predicted octanol–water partition coefficient (Wildman–Crippen LogP) is 5.91. The van der Waals surface area contributed by atoms with Gasteiger partial charge in [0.2, 0.25) is 0 Å². The first-order valence-corrected chi connectivity index (χ1v) is 9.99. The zero-order valence-electron chi connectivity index (χ0n) is 15.8. The Morgan fingerprint density at radius 3 is 2.60 bits per heavy atom. The van der Waals surface area contributed by atoms with Gasteiger partial charge in [-0.2, -0.15) is 0 Å². The van der Waals surface area contributed by atoms with E-state index in [0.717, 1.165) is 29.8 Å². The summed E-state index contributed by atoms with van der Waals surface area (Å²) in [7, 11) is 0. The first kappa shape index (κ1) is 19.6. The topological polar surface area (TPSA) is 40.5 Å². The monoisotopic (exact) mass is 359 g/mol. The van der Waals surface area contributed by atoms with E-state index in [2.05, 4.69) is 56.7 Å². The van der Waals surface area contributed by atoms with Gasteiger partial charge in [0.25, 0.3) is 0 Å². The maximum Gasteiger partial charge on any atom is 0.348 e. The van der Waals surface area contributed by atoms with Gasteiger partial charge in [0.15, 0.2) is 0 Å². The van der Waals surface area contributed by atoms with Gasteiger partial charge < -0.3 is 10.0 Å². The molecule has 0 aliphatic heterocycles. The van der Waals surface area contributed by atoms with Crippen LogP contribution in [0.1, 0.15) is 80.8 Å². The zero-order valence-corrected chi connectivity index (χ0v) is 16.6. The van der Waals surface area contributed by atoms with Gasteiger partial charge in [0.1, 0.15) is 4.88 Å². The standard InChI is InChI=1S/C21H29NO2S/c1-5-6-14-22(16-10-8-7-9-11-16)18-15-17(12-13-21(2,3)4)25-19(18)20(23)24/h6,14-16H,5,7-11H2,1-4H3,(H,23,24)/b14-6-. The van der Waals surface area contributed by atoms with Crippen molar-refractivity contribution < 1.29 is 9.90 Å². The SMILES string of the molecule is CC/C=C\N(c1cc(C#CC(C)(C)C)sc1C(=O)O)C1CCCCC1. The van der Waals surface area contributed by atoms with Gasteiger partial charge in [-0.05, 0) is 46.1 Å². The van der Waals surface area contributed by atoms with Crippen LogP contribution < -0.4 is 4.90 Å². The molecule has 1 aliphatic carbocycles.